The molecule has 0 spiro atoms. The Morgan fingerprint density at radius 2 is 1.75 bits per heavy atom. The number of hydrogen-bond acceptors (Lipinski definition) is 1. The number of halogens is 3. The van der Waals surface area contributed by atoms with Crippen molar-refractivity contribution in [2.24, 2.45) is 0 Å². The summed E-state index contributed by atoms with van der Waals surface area (Å²) >= 11 is 0. The van der Waals surface area contributed by atoms with Crippen molar-refractivity contribution in [1.29, 1.82) is 0 Å². The Balaban J connectivity index is 1.87. The summed E-state index contributed by atoms with van der Waals surface area (Å²) in [5.74, 6) is 0. The Morgan fingerprint density at radius 1 is 1.05 bits per heavy atom. The molecule has 0 saturated carbocycles. The number of aryl methyl sites for hydroxylation is 1. The molecule has 1 unspecified atom stereocenters. The van der Waals surface area contributed by atoms with E-state index >= 15 is 0 Å². The third kappa shape index (κ3) is 2.38. The molecule has 104 valence electrons. The molecule has 1 heterocycles. The van der Waals surface area contributed by atoms with Crippen molar-refractivity contribution in [3.8, 4) is 0 Å². The second-order valence-corrected chi connectivity index (χ2v) is 5.18. The van der Waals surface area contributed by atoms with Gasteiger partial charge >= 0.3 is 6.18 Å². The van der Waals surface area contributed by atoms with Crippen LogP contribution in [0.15, 0.2) is 42.5 Å². The van der Waals surface area contributed by atoms with E-state index < -0.39 is 11.7 Å². The Hall–Kier alpha value is -1.97. The highest BCUT2D eigenvalue weighted by atomic mass is 19.4. The molecule has 0 bridgehead atoms. The summed E-state index contributed by atoms with van der Waals surface area (Å²) in [6.07, 6.45) is -3.70. The molecule has 0 amide bonds. The van der Waals surface area contributed by atoms with Crippen molar-refractivity contribution >= 4 is 5.69 Å². The van der Waals surface area contributed by atoms with Crippen LogP contribution < -0.4 is 5.32 Å². The summed E-state index contributed by atoms with van der Waals surface area (Å²) in [5.41, 5.74) is 3.21. The van der Waals surface area contributed by atoms with Crippen LogP contribution in [0.4, 0.5) is 18.9 Å². The molecule has 2 aromatic rings. The Morgan fingerprint density at radius 3 is 2.40 bits per heavy atom. The summed E-state index contributed by atoms with van der Waals surface area (Å²) in [5, 5.41) is 3.28. The van der Waals surface area contributed by atoms with E-state index in [2.05, 4.69) is 5.32 Å². The smallest absolute Gasteiger partial charge is 0.378 e. The SMILES string of the molecule is Cc1ccc(C2Cc3cc(C(F)(F)F)ccc3N2)cc1. The van der Waals surface area contributed by atoms with Crippen LogP contribution in [0.25, 0.3) is 0 Å². The van der Waals surface area contributed by atoms with E-state index in [1.807, 2.05) is 31.2 Å². The van der Waals surface area contributed by atoms with E-state index in [0.717, 1.165) is 22.9 Å². The van der Waals surface area contributed by atoms with Crippen LogP contribution in [-0.4, -0.2) is 0 Å². The van der Waals surface area contributed by atoms with E-state index in [4.69, 9.17) is 0 Å². The molecule has 3 rings (SSSR count). The molecule has 0 aliphatic carbocycles. The zero-order chi connectivity index (χ0) is 14.3. The number of anilines is 1. The number of alkyl halides is 3. The lowest BCUT2D eigenvalue weighted by Gasteiger charge is -2.11. The van der Waals surface area contributed by atoms with Gasteiger partial charge in [0.05, 0.1) is 11.6 Å². The molecule has 1 aliphatic heterocycles. The van der Waals surface area contributed by atoms with Crippen LogP contribution in [0.3, 0.4) is 0 Å². The lowest BCUT2D eigenvalue weighted by molar-refractivity contribution is -0.137. The molecule has 4 heteroatoms. The first kappa shape index (κ1) is 13.0. The summed E-state index contributed by atoms with van der Waals surface area (Å²) in [6, 6.07) is 12.0. The van der Waals surface area contributed by atoms with Crippen molar-refractivity contribution in [2.45, 2.75) is 25.6 Å². The molecular formula is C16H14F3N. The topological polar surface area (TPSA) is 12.0 Å². The van der Waals surface area contributed by atoms with Gasteiger partial charge in [-0.1, -0.05) is 29.8 Å². The molecule has 20 heavy (non-hydrogen) atoms. The van der Waals surface area contributed by atoms with Crippen molar-refractivity contribution in [1.82, 2.24) is 0 Å². The lowest BCUT2D eigenvalue weighted by Crippen LogP contribution is -2.05. The van der Waals surface area contributed by atoms with Crippen LogP contribution in [0.2, 0.25) is 0 Å². The number of fused-ring (bicyclic) bond motifs is 1. The first-order valence-electron chi connectivity index (χ1n) is 6.47. The van der Waals surface area contributed by atoms with Crippen molar-refractivity contribution in [3.63, 3.8) is 0 Å². The zero-order valence-electron chi connectivity index (χ0n) is 11.0. The highest BCUT2D eigenvalue weighted by Gasteiger charge is 2.32. The van der Waals surface area contributed by atoms with Gasteiger partial charge in [0.25, 0.3) is 0 Å². The third-order valence-electron chi connectivity index (χ3n) is 3.67. The first-order chi connectivity index (χ1) is 9.43. The van der Waals surface area contributed by atoms with E-state index in [1.54, 1.807) is 0 Å². The minimum atomic E-state index is -4.28. The maximum atomic E-state index is 12.7. The summed E-state index contributed by atoms with van der Waals surface area (Å²) in [7, 11) is 0. The number of rotatable bonds is 1. The minimum absolute atomic E-state index is 0.0501. The fraction of sp³-hybridized carbons (Fsp3) is 0.250. The fourth-order valence-corrected chi connectivity index (χ4v) is 2.54. The molecule has 0 aromatic heterocycles. The van der Waals surface area contributed by atoms with Crippen LogP contribution >= 0.6 is 0 Å². The van der Waals surface area contributed by atoms with Crippen LogP contribution in [-0.2, 0) is 12.6 Å². The van der Waals surface area contributed by atoms with E-state index in [1.165, 1.54) is 17.7 Å². The predicted octanol–water partition coefficient (Wildman–Crippen LogP) is 4.72. The van der Waals surface area contributed by atoms with Gasteiger partial charge in [-0.3, -0.25) is 0 Å². The average Bonchev–Trinajstić information content (AvgIpc) is 2.81. The fourth-order valence-electron chi connectivity index (χ4n) is 2.54. The number of benzene rings is 2. The zero-order valence-corrected chi connectivity index (χ0v) is 11.0. The number of nitrogens with one attached hydrogen (secondary N) is 1. The molecule has 1 atom stereocenters. The molecule has 1 N–H and O–H groups in total. The molecule has 0 radical (unpaired) electrons. The standard InChI is InChI=1S/C16H14F3N/c1-10-2-4-11(5-3-10)15-9-12-8-13(16(17,18)19)6-7-14(12)20-15/h2-8,15,20H,9H2,1H3. The second kappa shape index (κ2) is 4.54. The largest absolute Gasteiger partial charge is 0.416 e. The van der Waals surface area contributed by atoms with Crippen molar-refractivity contribution in [3.05, 3.63) is 64.7 Å². The first-order valence-corrected chi connectivity index (χ1v) is 6.47. The van der Waals surface area contributed by atoms with Gasteiger partial charge in [0.15, 0.2) is 0 Å². The minimum Gasteiger partial charge on any atom is -0.378 e. The third-order valence-corrected chi connectivity index (χ3v) is 3.67. The van der Waals surface area contributed by atoms with Gasteiger partial charge < -0.3 is 5.32 Å². The Labute approximate surface area is 115 Å². The maximum absolute atomic E-state index is 12.7. The van der Waals surface area contributed by atoms with Crippen molar-refractivity contribution < 1.29 is 13.2 Å². The highest BCUT2D eigenvalue weighted by Crippen LogP contribution is 2.38. The normalized spacial score (nSPS) is 17.7. The summed E-state index contributed by atoms with van der Waals surface area (Å²) < 4.78 is 38.1. The highest BCUT2D eigenvalue weighted by molar-refractivity contribution is 5.59. The Bertz CT molecular complexity index is 629. The van der Waals surface area contributed by atoms with Gasteiger partial charge in [-0.05, 0) is 42.7 Å². The lowest BCUT2D eigenvalue weighted by atomic mass is 10.0. The monoisotopic (exact) mass is 277 g/mol. The van der Waals surface area contributed by atoms with E-state index in [-0.39, 0.29) is 6.04 Å². The van der Waals surface area contributed by atoms with E-state index in [9.17, 15) is 13.2 Å². The molecular weight excluding hydrogens is 263 g/mol. The van der Waals surface area contributed by atoms with Gasteiger partial charge in [-0.15, -0.1) is 0 Å². The molecule has 0 fully saturated rings. The summed E-state index contributed by atoms with van der Waals surface area (Å²) in [4.78, 5) is 0. The van der Waals surface area contributed by atoms with Crippen molar-refractivity contribution in [2.75, 3.05) is 5.32 Å². The van der Waals surface area contributed by atoms with Gasteiger partial charge in [-0.25, -0.2) is 0 Å². The molecule has 0 saturated heterocycles. The predicted molar refractivity (Wildman–Crippen MR) is 72.7 cm³/mol. The molecule has 1 aliphatic rings. The van der Waals surface area contributed by atoms with Gasteiger partial charge in [0, 0.05) is 5.69 Å². The number of hydrogen-bond donors (Lipinski definition) is 1. The van der Waals surface area contributed by atoms with Gasteiger partial charge in [0.2, 0.25) is 0 Å². The van der Waals surface area contributed by atoms with Gasteiger partial charge in [-0.2, -0.15) is 13.2 Å². The summed E-state index contributed by atoms with van der Waals surface area (Å²) in [6.45, 7) is 2.01. The molecule has 2 aromatic carbocycles. The Kier molecular flexibility index (Phi) is 2.96. The van der Waals surface area contributed by atoms with Crippen LogP contribution in [0.5, 0.6) is 0 Å². The average molecular weight is 277 g/mol. The quantitative estimate of drug-likeness (QED) is 0.795. The van der Waals surface area contributed by atoms with Gasteiger partial charge in [0.1, 0.15) is 0 Å². The second-order valence-electron chi connectivity index (χ2n) is 5.18. The molecule has 1 nitrogen and oxygen atoms in total. The maximum Gasteiger partial charge on any atom is 0.416 e. The van der Waals surface area contributed by atoms with E-state index in [0.29, 0.717) is 6.42 Å². The van der Waals surface area contributed by atoms with Crippen LogP contribution in [0, 0.1) is 6.92 Å². The van der Waals surface area contributed by atoms with Crippen LogP contribution in [0.1, 0.15) is 28.3 Å².